The Bertz CT molecular complexity index is 305. The SMILES string of the molecule is Cl.NCCC[C@H](N)c1cccc(Cl)c1Cl. The number of nitrogens with two attached hydrogens (primary N) is 2. The minimum absolute atomic E-state index is 0. The van der Waals surface area contributed by atoms with E-state index in [0.29, 0.717) is 16.6 Å². The molecule has 0 aliphatic rings. The largest absolute Gasteiger partial charge is 0.330 e. The van der Waals surface area contributed by atoms with Crippen LogP contribution in [0.25, 0.3) is 0 Å². The average molecular weight is 270 g/mol. The van der Waals surface area contributed by atoms with Gasteiger partial charge >= 0.3 is 0 Å². The topological polar surface area (TPSA) is 52.0 Å². The fourth-order valence-corrected chi connectivity index (χ4v) is 1.75. The Kier molecular flexibility index (Phi) is 7.32. The summed E-state index contributed by atoms with van der Waals surface area (Å²) < 4.78 is 0. The van der Waals surface area contributed by atoms with Crippen LogP contribution in [-0.2, 0) is 0 Å². The maximum Gasteiger partial charge on any atom is 0.0639 e. The molecule has 0 saturated carbocycles. The van der Waals surface area contributed by atoms with Crippen LogP contribution in [-0.4, -0.2) is 6.54 Å². The summed E-state index contributed by atoms with van der Waals surface area (Å²) in [6, 6.07) is 5.43. The normalized spacial score (nSPS) is 12.0. The molecule has 0 saturated heterocycles. The smallest absolute Gasteiger partial charge is 0.0639 e. The minimum Gasteiger partial charge on any atom is -0.330 e. The van der Waals surface area contributed by atoms with Gasteiger partial charge in [-0.05, 0) is 31.0 Å². The summed E-state index contributed by atoms with van der Waals surface area (Å²) in [6.07, 6.45) is 1.72. The summed E-state index contributed by atoms with van der Waals surface area (Å²) in [4.78, 5) is 0. The Balaban J connectivity index is 0.00000196. The van der Waals surface area contributed by atoms with E-state index in [2.05, 4.69) is 0 Å². The molecule has 0 fully saturated rings. The molecule has 1 rings (SSSR count). The van der Waals surface area contributed by atoms with Gasteiger partial charge in [0.25, 0.3) is 0 Å². The molecule has 0 spiro atoms. The van der Waals surface area contributed by atoms with Crippen molar-refractivity contribution in [2.45, 2.75) is 18.9 Å². The van der Waals surface area contributed by atoms with Gasteiger partial charge in [0, 0.05) is 6.04 Å². The fraction of sp³-hybridized carbons (Fsp3) is 0.400. The molecule has 0 aliphatic heterocycles. The molecule has 2 nitrogen and oxygen atoms in total. The summed E-state index contributed by atoms with van der Waals surface area (Å²) in [7, 11) is 0. The second-order valence-corrected chi connectivity index (χ2v) is 3.97. The Morgan fingerprint density at radius 1 is 1.27 bits per heavy atom. The van der Waals surface area contributed by atoms with E-state index in [1.165, 1.54) is 0 Å². The van der Waals surface area contributed by atoms with Gasteiger partial charge in [-0.25, -0.2) is 0 Å². The van der Waals surface area contributed by atoms with Gasteiger partial charge in [0.2, 0.25) is 0 Å². The predicted octanol–water partition coefficient (Wildman–Crippen LogP) is 3.15. The molecule has 5 heteroatoms. The van der Waals surface area contributed by atoms with Crippen molar-refractivity contribution in [1.82, 2.24) is 0 Å². The van der Waals surface area contributed by atoms with E-state index in [0.717, 1.165) is 18.4 Å². The molecule has 0 heterocycles. The first kappa shape index (κ1) is 15.0. The average Bonchev–Trinajstić information content (AvgIpc) is 2.18. The number of hydrogen-bond donors (Lipinski definition) is 2. The number of rotatable bonds is 4. The lowest BCUT2D eigenvalue weighted by molar-refractivity contribution is 0.618. The Morgan fingerprint density at radius 3 is 2.53 bits per heavy atom. The van der Waals surface area contributed by atoms with Crippen molar-refractivity contribution < 1.29 is 0 Å². The van der Waals surface area contributed by atoms with Gasteiger partial charge in [0.05, 0.1) is 10.0 Å². The lowest BCUT2D eigenvalue weighted by Gasteiger charge is -2.13. The van der Waals surface area contributed by atoms with Crippen LogP contribution in [0.3, 0.4) is 0 Å². The van der Waals surface area contributed by atoms with Crippen molar-refractivity contribution in [3.05, 3.63) is 33.8 Å². The number of hydrogen-bond acceptors (Lipinski definition) is 2. The van der Waals surface area contributed by atoms with Crippen molar-refractivity contribution in [2.75, 3.05) is 6.54 Å². The van der Waals surface area contributed by atoms with E-state index in [4.69, 9.17) is 34.7 Å². The lowest BCUT2D eigenvalue weighted by Crippen LogP contribution is -2.13. The zero-order valence-electron chi connectivity index (χ0n) is 8.25. The van der Waals surface area contributed by atoms with Crippen LogP contribution in [0, 0.1) is 0 Å². The third-order valence-corrected chi connectivity index (χ3v) is 2.93. The molecular formula is C10H15Cl3N2. The van der Waals surface area contributed by atoms with Gasteiger partial charge in [-0.2, -0.15) is 0 Å². The van der Waals surface area contributed by atoms with Crippen LogP contribution in [0.4, 0.5) is 0 Å². The fourth-order valence-electron chi connectivity index (χ4n) is 1.30. The van der Waals surface area contributed by atoms with E-state index in [9.17, 15) is 0 Å². The highest BCUT2D eigenvalue weighted by molar-refractivity contribution is 6.42. The maximum absolute atomic E-state index is 6.02. The summed E-state index contributed by atoms with van der Waals surface area (Å²) in [6.45, 7) is 0.645. The molecule has 4 N–H and O–H groups in total. The second-order valence-electron chi connectivity index (χ2n) is 3.18. The van der Waals surface area contributed by atoms with Crippen LogP contribution in [0.1, 0.15) is 24.4 Å². The first-order valence-electron chi connectivity index (χ1n) is 4.56. The maximum atomic E-state index is 6.02. The Hall–Kier alpha value is 0.01000. The van der Waals surface area contributed by atoms with Crippen LogP contribution in [0.15, 0.2) is 18.2 Å². The van der Waals surface area contributed by atoms with Crippen LogP contribution in [0.2, 0.25) is 10.0 Å². The lowest BCUT2D eigenvalue weighted by atomic mass is 10.0. The van der Waals surface area contributed by atoms with Crippen molar-refractivity contribution in [3.8, 4) is 0 Å². The summed E-state index contributed by atoms with van der Waals surface area (Å²) in [5.74, 6) is 0. The summed E-state index contributed by atoms with van der Waals surface area (Å²) >= 11 is 11.9. The van der Waals surface area contributed by atoms with Gasteiger partial charge in [-0.15, -0.1) is 12.4 Å². The molecule has 0 aliphatic carbocycles. The first-order chi connectivity index (χ1) is 6.66. The van der Waals surface area contributed by atoms with Crippen molar-refractivity contribution in [3.63, 3.8) is 0 Å². The molecule has 0 unspecified atom stereocenters. The van der Waals surface area contributed by atoms with E-state index < -0.39 is 0 Å². The molecule has 1 atom stereocenters. The van der Waals surface area contributed by atoms with E-state index in [1.807, 2.05) is 12.1 Å². The van der Waals surface area contributed by atoms with Crippen LogP contribution >= 0.6 is 35.6 Å². The quantitative estimate of drug-likeness (QED) is 0.882. The Labute approximate surface area is 106 Å². The first-order valence-corrected chi connectivity index (χ1v) is 5.32. The zero-order valence-corrected chi connectivity index (χ0v) is 10.6. The zero-order chi connectivity index (χ0) is 10.6. The molecule has 86 valence electrons. The summed E-state index contributed by atoms with van der Waals surface area (Å²) in [5, 5.41) is 1.10. The van der Waals surface area contributed by atoms with Gasteiger partial charge in [0.15, 0.2) is 0 Å². The standard InChI is InChI=1S/C10H14Cl2N2.ClH/c11-8-4-1-3-7(10(8)12)9(14)5-2-6-13;/h1,3-4,9H,2,5-6,13-14H2;1H/t9-;/m0./s1. The van der Waals surface area contributed by atoms with Crippen molar-refractivity contribution in [2.24, 2.45) is 11.5 Å². The molecule has 15 heavy (non-hydrogen) atoms. The van der Waals surface area contributed by atoms with Crippen LogP contribution < -0.4 is 11.5 Å². The van der Waals surface area contributed by atoms with Gasteiger partial charge in [-0.3, -0.25) is 0 Å². The monoisotopic (exact) mass is 268 g/mol. The molecule has 0 bridgehead atoms. The molecule has 0 amide bonds. The number of benzene rings is 1. The third-order valence-electron chi connectivity index (χ3n) is 2.10. The third kappa shape index (κ3) is 4.17. The highest BCUT2D eigenvalue weighted by Crippen LogP contribution is 2.30. The Morgan fingerprint density at radius 2 is 1.93 bits per heavy atom. The minimum atomic E-state index is -0.0789. The van der Waals surface area contributed by atoms with Crippen LogP contribution in [0.5, 0.6) is 0 Å². The summed E-state index contributed by atoms with van der Waals surface area (Å²) in [5.41, 5.74) is 12.3. The molecule has 1 aromatic carbocycles. The second kappa shape index (κ2) is 7.31. The highest BCUT2D eigenvalue weighted by atomic mass is 35.5. The van der Waals surface area contributed by atoms with Gasteiger partial charge in [0.1, 0.15) is 0 Å². The van der Waals surface area contributed by atoms with Gasteiger partial charge in [-0.1, -0.05) is 35.3 Å². The molecule has 1 aromatic rings. The predicted molar refractivity (Wildman–Crippen MR) is 68.9 cm³/mol. The van der Waals surface area contributed by atoms with E-state index in [-0.39, 0.29) is 18.4 Å². The molecule has 0 aromatic heterocycles. The highest BCUT2D eigenvalue weighted by Gasteiger charge is 2.11. The van der Waals surface area contributed by atoms with Crippen molar-refractivity contribution in [1.29, 1.82) is 0 Å². The van der Waals surface area contributed by atoms with E-state index >= 15 is 0 Å². The molecular weight excluding hydrogens is 254 g/mol. The van der Waals surface area contributed by atoms with Gasteiger partial charge < -0.3 is 11.5 Å². The molecule has 0 radical (unpaired) electrons. The number of halogens is 3. The van der Waals surface area contributed by atoms with Crippen molar-refractivity contribution >= 4 is 35.6 Å². The van der Waals surface area contributed by atoms with E-state index in [1.54, 1.807) is 6.07 Å².